The van der Waals surface area contributed by atoms with Gasteiger partial charge in [-0.3, -0.25) is 4.90 Å². The van der Waals surface area contributed by atoms with Crippen molar-refractivity contribution in [3.8, 4) is 28.8 Å². The van der Waals surface area contributed by atoms with Gasteiger partial charge in [0, 0.05) is 61.3 Å². The molecule has 10 heteroatoms. The summed E-state index contributed by atoms with van der Waals surface area (Å²) in [5.74, 6) is 4.06. The minimum absolute atomic E-state index is 0.131. The second kappa shape index (κ2) is 10.5. The highest BCUT2D eigenvalue weighted by atomic mass is 16.5. The highest BCUT2D eigenvalue weighted by Gasteiger charge is 2.53. The Morgan fingerprint density at radius 1 is 1.02 bits per heavy atom. The van der Waals surface area contributed by atoms with E-state index in [4.69, 9.17) is 14.5 Å². The lowest BCUT2D eigenvalue weighted by Crippen LogP contribution is -2.68. The van der Waals surface area contributed by atoms with E-state index in [0.717, 1.165) is 61.4 Å². The molecule has 43 heavy (non-hydrogen) atoms. The summed E-state index contributed by atoms with van der Waals surface area (Å²) < 4.78 is 13.1. The third kappa shape index (κ3) is 4.77. The van der Waals surface area contributed by atoms with Crippen molar-refractivity contribution in [3.63, 3.8) is 0 Å². The van der Waals surface area contributed by atoms with Crippen LogP contribution in [-0.2, 0) is 6.54 Å². The van der Waals surface area contributed by atoms with Gasteiger partial charge in [0.15, 0.2) is 0 Å². The second-order valence-electron chi connectivity index (χ2n) is 12.6. The van der Waals surface area contributed by atoms with Crippen molar-refractivity contribution in [2.45, 2.75) is 50.4 Å². The molecule has 6 unspecified atom stereocenters. The zero-order valence-electron chi connectivity index (χ0n) is 24.2. The summed E-state index contributed by atoms with van der Waals surface area (Å²) in [6.45, 7) is 3.39. The normalized spacial score (nSPS) is 27.4. The molecule has 5 aliphatic rings. The number of fused-ring (bicyclic) bond motifs is 4. The smallest absolute Gasteiger partial charge is 0.212 e. The number of nitriles is 1. The Hall–Kier alpha value is -4.20. The van der Waals surface area contributed by atoms with Gasteiger partial charge in [-0.05, 0) is 67.2 Å². The highest BCUT2D eigenvalue weighted by molar-refractivity contribution is 5.85. The van der Waals surface area contributed by atoms with Crippen LogP contribution in [0.2, 0.25) is 0 Å². The lowest BCUT2D eigenvalue weighted by atomic mass is 9.87. The van der Waals surface area contributed by atoms with Crippen LogP contribution in [0.3, 0.4) is 0 Å². The first kappa shape index (κ1) is 26.4. The fourth-order valence-corrected chi connectivity index (χ4v) is 7.72. The number of hydrogen-bond acceptors (Lipinski definition) is 9. The van der Waals surface area contributed by atoms with E-state index in [1.165, 1.54) is 12.0 Å². The van der Waals surface area contributed by atoms with E-state index in [0.29, 0.717) is 53.6 Å². The SMILES string of the molecule is COc1ccc(CN2C3CC2CN(c2ccc(-c4cc(OCCC5CC(O)C6CC56)cn5ncc(C#N)c45)cn2)C3)cn1. The van der Waals surface area contributed by atoms with E-state index in [2.05, 4.69) is 44.2 Å². The molecule has 10 nitrogen and oxygen atoms in total. The molecular formula is C33H35N7O3. The van der Waals surface area contributed by atoms with Gasteiger partial charge in [-0.1, -0.05) is 6.07 Å². The van der Waals surface area contributed by atoms with E-state index in [-0.39, 0.29) is 6.10 Å². The highest BCUT2D eigenvalue weighted by Crippen LogP contribution is 2.56. The summed E-state index contributed by atoms with van der Waals surface area (Å²) in [5, 5.41) is 24.3. The summed E-state index contributed by atoms with van der Waals surface area (Å²) in [4.78, 5) is 14.2. The minimum Gasteiger partial charge on any atom is -0.492 e. The van der Waals surface area contributed by atoms with Crippen molar-refractivity contribution in [1.82, 2.24) is 24.5 Å². The second-order valence-corrected chi connectivity index (χ2v) is 12.6. The summed E-state index contributed by atoms with van der Waals surface area (Å²) in [6.07, 6.45) is 11.3. The number of anilines is 1. The molecule has 0 spiro atoms. The zero-order valence-corrected chi connectivity index (χ0v) is 24.2. The first-order valence-electron chi connectivity index (χ1n) is 15.3. The predicted octanol–water partition coefficient (Wildman–Crippen LogP) is 3.92. The van der Waals surface area contributed by atoms with Crippen LogP contribution in [0.25, 0.3) is 16.6 Å². The first-order valence-corrected chi connectivity index (χ1v) is 15.3. The number of aliphatic hydroxyl groups excluding tert-OH is 1. The number of pyridine rings is 3. The average Bonchev–Trinajstić information content (AvgIpc) is 3.65. The van der Waals surface area contributed by atoms with Gasteiger partial charge in [0.25, 0.3) is 0 Å². The van der Waals surface area contributed by atoms with Crippen molar-refractivity contribution in [2.75, 3.05) is 31.7 Å². The fraction of sp³-hybridized carbons (Fsp3) is 0.455. The number of ether oxygens (including phenoxy) is 2. The molecule has 3 aliphatic heterocycles. The third-order valence-corrected chi connectivity index (χ3v) is 10.1. The maximum atomic E-state index is 10.1. The van der Waals surface area contributed by atoms with E-state index in [9.17, 15) is 10.4 Å². The molecule has 7 heterocycles. The van der Waals surface area contributed by atoms with E-state index in [1.807, 2.05) is 30.7 Å². The van der Waals surface area contributed by atoms with Crippen molar-refractivity contribution < 1.29 is 14.6 Å². The predicted molar refractivity (Wildman–Crippen MR) is 160 cm³/mol. The monoisotopic (exact) mass is 577 g/mol. The van der Waals surface area contributed by atoms with Gasteiger partial charge in [-0.2, -0.15) is 10.4 Å². The topological polar surface area (TPSA) is 112 Å². The summed E-state index contributed by atoms with van der Waals surface area (Å²) in [6, 6.07) is 13.5. The number of rotatable bonds is 9. The average molecular weight is 578 g/mol. The Morgan fingerprint density at radius 2 is 1.91 bits per heavy atom. The number of aromatic nitrogens is 4. The van der Waals surface area contributed by atoms with E-state index in [1.54, 1.807) is 17.8 Å². The molecule has 4 aromatic rings. The number of nitrogens with zero attached hydrogens (tertiary/aromatic N) is 7. The van der Waals surface area contributed by atoms with Crippen LogP contribution < -0.4 is 14.4 Å². The Balaban J connectivity index is 0.963. The van der Waals surface area contributed by atoms with Crippen molar-refractivity contribution in [3.05, 3.63) is 66.2 Å². The molecule has 2 aliphatic carbocycles. The minimum atomic E-state index is -0.131. The van der Waals surface area contributed by atoms with E-state index >= 15 is 0 Å². The van der Waals surface area contributed by atoms with Crippen LogP contribution >= 0.6 is 0 Å². The molecule has 2 bridgehead atoms. The maximum absolute atomic E-state index is 10.1. The van der Waals surface area contributed by atoms with Gasteiger partial charge in [-0.15, -0.1) is 0 Å². The number of piperidine rings is 1. The Morgan fingerprint density at radius 3 is 2.58 bits per heavy atom. The Kier molecular flexibility index (Phi) is 6.46. The van der Waals surface area contributed by atoms with E-state index < -0.39 is 0 Å². The molecule has 0 amide bonds. The Labute approximate surface area is 250 Å². The molecule has 4 aromatic heterocycles. The molecule has 0 aromatic carbocycles. The Bertz CT molecular complexity index is 1670. The van der Waals surface area contributed by atoms with Crippen LogP contribution in [0, 0.1) is 29.1 Å². The summed E-state index contributed by atoms with van der Waals surface area (Å²) in [7, 11) is 1.64. The maximum Gasteiger partial charge on any atom is 0.212 e. The van der Waals surface area contributed by atoms with Gasteiger partial charge in [0.2, 0.25) is 5.88 Å². The molecule has 5 fully saturated rings. The van der Waals surface area contributed by atoms with Crippen LogP contribution in [0.1, 0.15) is 36.8 Å². The number of methoxy groups -OCH3 is 1. The molecule has 220 valence electrons. The van der Waals surface area contributed by atoms with Crippen molar-refractivity contribution in [2.24, 2.45) is 17.8 Å². The van der Waals surface area contributed by atoms with Gasteiger partial charge >= 0.3 is 0 Å². The van der Waals surface area contributed by atoms with Crippen molar-refractivity contribution >= 4 is 11.3 Å². The molecule has 6 atom stereocenters. The molecule has 9 rings (SSSR count). The van der Waals surface area contributed by atoms with Gasteiger partial charge in [0.1, 0.15) is 17.6 Å². The van der Waals surface area contributed by atoms with Crippen molar-refractivity contribution in [1.29, 1.82) is 5.26 Å². The summed E-state index contributed by atoms with van der Waals surface area (Å²) in [5.41, 5.74) is 4.28. The van der Waals surface area contributed by atoms with Crippen LogP contribution in [0.15, 0.2) is 55.1 Å². The standard InChI is InChI=1S/C33H35N7O3/c1-42-32-5-2-20(13-36-32)16-39-24-9-25(39)18-38(17-24)31-4-3-22(14-35-31)28-10-26(19-40-33(28)23(12-34)15-37-40)43-7-6-21-8-30(41)29-11-27(21)29/h2-5,10,13-15,19,21,24-25,27,29-30,41H,6-9,11,16-18H2,1H3. The molecule has 2 saturated carbocycles. The fourth-order valence-electron chi connectivity index (χ4n) is 7.72. The van der Waals surface area contributed by atoms with Crippen LogP contribution in [0.5, 0.6) is 11.6 Å². The van der Waals surface area contributed by atoms with Gasteiger partial charge in [0.05, 0.1) is 43.3 Å². The lowest BCUT2D eigenvalue weighted by Gasteiger charge is -2.56. The largest absolute Gasteiger partial charge is 0.492 e. The molecule has 3 saturated heterocycles. The quantitative estimate of drug-likeness (QED) is 0.316. The molecule has 0 radical (unpaired) electrons. The molecular weight excluding hydrogens is 542 g/mol. The first-order chi connectivity index (χ1) is 21.1. The molecule has 1 N–H and O–H groups in total. The van der Waals surface area contributed by atoms with Crippen LogP contribution in [-0.4, -0.2) is 74.6 Å². The van der Waals surface area contributed by atoms with Gasteiger partial charge in [-0.25, -0.2) is 14.5 Å². The van der Waals surface area contributed by atoms with Gasteiger partial charge < -0.3 is 19.5 Å². The number of piperazine rings is 1. The number of aliphatic hydroxyl groups is 1. The summed E-state index contributed by atoms with van der Waals surface area (Å²) >= 11 is 0. The lowest BCUT2D eigenvalue weighted by molar-refractivity contribution is -0.00876. The third-order valence-electron chi connectivity index (χ3n) is 10.1. The van der Waals surface area contributed by atoms with Crippen LogP contribution in [0.4, 0.5) is 5.82 Å². The zero-order chi connectivity index (χ0) is 29.1. The number of hydrogen-bond donors (Lipinski definition) is 1.